The Morgan fingerprint density at radius 1 is 1.17 bits per heavy atom. The molecule has 194 valence electrons. The van der Waals surface area contributed by atoms with Crippen LogP contribution in [0.2, 0.25) is 5.02 Å². The maximum atomic E-state index is 13.8. The average Bonchev–Trinajstić information content (AvgIpc) is 3.47. The minimum Gasteiger partial charge on any atom is -0.467 e. The van der Waals surface area contributed by atoms with Crippen molar-refractivity contribution >= 4 is 46.2 Å². The molecule has 4 N–H and O–H groups in total. The minimum absolute atomic E-state index is 0.0736. The van der Waals surface area contributed by atoms with Crippen LogP contribution in [0.25, 0.3) is 10.9 Å². The van der Waals surface area contributed by atoms with Crippen LogP contribution in [0.15, 0.2) is 18.2 Å². The molecule has 1 aromatic carbocycles. The first-order valence-electron chi connectivity index (χ1n) is 11.9. The van der Waals surface area contributed by atoms with Crippen LogP contribution in [0, 0.1) is 17.7 Å². The number of amides is 3. The summed E-state index contributed by atoms with van der Waals surface area (Å²) >= 11 is 5.83. The number of aromatic nitrogens is 1. The fourth-order valence-corrected chi connectivity index (χ4v) is 4.87. The Kier molecular flexibility index (Phi) is 7.26. The number of fused-ring (bicyclic) bond motifs is 1. The molecule has 2 fully saturated rings. The largest absolute Gasteiger partial charge is 0.467 e. The normalized spacial score (nSPS) is 20.5. The van der Waals surface area contributed by atoms with Gasteiger partial charge in [0.2, 0.25) is 11.8 Å². The Hall–Kier alpha value is -3.14. The lowest BCUT2D eigenvalue weighted by Crippen LogP contribution is -2.52. The molecule has 0 radical (unpaired) electrons. The van der Waals surface area contributed by atoms with Crippen LogP contribution < -0.4 is 16.0 Å². The van der Waals surface area contributed by atoms with Gasteiger partial charge < -0.3 is 25.7 Å². The van der Waals surface area contributed by atoms with Crippen molar-refractivity contribution in [1.29, 1.82) is 0 Å². The Morgan fingerprint density at radius 2 is 1.89 bits per heavy atom. The molecule has 11 heteroatoms. The van der Waals surface area contributed by atoms with E-state index in [4.69, 9.17) is 16.3 Å². The molecular weight excluding hydrogens is 491 g/mol. The highest BCUT2D eigenvalue weighted by Crippen LogP contribution is 2.34. The molecule has 3 amide bonds. The van der Waals surface area contributed by atoms with Gasteiger partial charge in [0.1, 0.15) is 23.6 Å². The topological polar surface area (TPSA) is 129 Å². The van der Waals surface area contributed by atoms with Crippen LogP contribution in [-0.2, 0) is 19.1 Å². The third kappa shape index (κ3) is 5.98. The SMILES string of the molecule is COC(=O)[C@H](C[C@@H]1CC(C)(C)NC1=O)NC(=O)[C@H](CC1CC1)NC(=O)c1cc2cc(F)c(Cl)cc2[nH]1. The van der Waals surface area contributed by atoms with E-state index >= 15 is 0 Å². The molecule has 1 aliphatic heterocycles. The van der Waals surface area contributed by atoms with Gasteiger partial charge in [-0.15, -0.1) is 0 Å². The zero-order valence-electron chi connectivity index (χ0n) is 20.4. The molecule has 2 heterocycles. The quantitative estimate of drug-likeness (QED) is 0.378. The molecule has 0 spiro atoms. The number of methoxy groups -OCH3 is 1. The van der Waals surface area contributed by atoms with Crippen molar-refractivity contribution in [2.45, 2.75) is 63.6 Å². The van der Waals surface area contributed by atoms with Gasteiger partial charge in [-0.25, -0.2) is 9.18 Å². The number of carbonyl (C=O) groups is 4. The predicted octanol–water partition coefficient (Wildman–Crippen LogP) is 2.82. The van der Waals surface area contributed by atoms with Gasteiger partial charge in [-0.2, -0.15) is 0 Å². The monoisotopic (exact) mass is 520 g/mol. The molecule has 9 nitrogen and oxygen atoms in total. The zero-order chi connectivity index (χ0) is 26.2. The van der Waals surface area contributed by atoms with E-state index in [2.05, 4.69) is 20.9 Å². The van der Waals surface area contributed by atoms with E-state index in [0.717, 1.165) is 12.8 Å². The number of esters is 1. The first-order valence-corrected chi connectivity index (χ1v) is 12.3. The second-order valence-corrected chi connectivity index (χ2v) is 10.7. The Morgan fingerprint density at radius 3 is 2.50 bits per heavy atom. The van der Waals surface area contributed by atoms with Gasteiger partial charge in [0.15, 0.2) is 0 Å². The number of H-pyrrole nitrogens is 1. The van der Waals surface area contributed by atoms with Gasteiger partial charge in [0.25, 0.3) is 5.91 Å². The Balaban J connectivity index is 1.48. The number of halogens is 2. The van der Waals surface area contributed by atoms with Crippen LogP contribution in [-0.4, -0.2) is 53.4 Å². The van der Waals surface area contributed by atoms with E-state index in [9.17, 15) is 23.6 Å². The first kappa shape index (κ1) is 25.9. The fraction of sp³-hybridized carbons (Fsp3) is 0.520. The van der Waals surface area contributed by atoms with Crippen molar-refractivity contribution in [3.63, 3.8) is 0 Å². The van der Waals surface area contributed by atoms with Gasteiger partial charge in [-0.1, -0.05) is 24.4 Å². The molecule has 2 aromatic rings. The van der Waals surface area contributed by atoms with Crippen LogP contribution >= 0.6 is 11.6 Å². The lowest BCUT2D eigenvalue weighted by molar-refractivity contribution is -0.146. The summed E-state index contributed by atoms with van der Waals surface area (Å²) in [7, 11) is 1.22. The molecule has 0 bridgehead atoms. The smallest absolute Gasteiger partial charge is 0.328 e. The molecule has 1 saturated heterocycles. The number of nitrogens with one attached hydrogen (secondary N) is 4. The van der Waals surface area contributed by atoms with E-state index in [1.165, 1.54) is 25.3 Å². The summed E-state index contributed by atoms with van der Waals surface area (Å²) in [6, 6.07) is 2.15. The molecule has 1 aromatic heterocycles. The van der Waals surface area contributed by atoms with Gasteiger partial charge in [0, 0.05) is 22.4 Å². The second kappa shape index (κ2) is 10.1. The van der Waals surface area contributed by atoms with Crippen LogP contribution in [0.3, 0.4) is 0 Å². The Bertz CT molecular complexity index is 1170. The standard InChI is InChI=1S/C25H30ClFN4O5/c1-25(2)11-14(21(32)31-25)9-20(24(35)36-3)30-22(33)18(6-12-4-5-12)29-23(34)19-8-13-7-16(27)15(26)10-17(13)28-19/h7-8,10,12,14,18,20,28H,4-6,9,11H2,1-3H3,(H,29,34)(H,30,33)(H,31,32)/t14-,18+,20+/m1/s1. The summed E-state index contributed by atoms with van der Waals surface area (Å²) in [5.41, 5.74) is 0.231. The van der Waals surface area contributed by atoms with Crippen LogP contribution in [0.5, 0.6) is 0 Å². The van der Waals surface area contributed by atoms with E-state index < -0.39 is 47.1 Å². The highest BCUT2D eigenvalue weighted by atomic mass is 35.5. The van der Waals surface area contributed by atoms with E-state index in [-0.39, 0.29) is 29.0 Å². The summed E-state index contributed by atoms with van der Waals surface area (Å²) in [6.07, 6.45) is 2.90. The molecule has 2 aliphatic rings. The summed E-state index contributed by atoms with van der Waals surface area (Å²) in [4.78, 5) is 53.9. The third-order valence-corrected chi connectivity index (χ3v) is 7.00. The lowest BCUT2D eigenvalue weighted by Gasteiger charge is -2.23. The van der Waals surface area contributed by atoms with E-state index in [1.807, 2.05) is 13.8 Å². The summed E-state index contributed by atoms with van der Waals surface area (Å²) in [5.74, 6) is -2.69. The highest BCUT2D eigenvalue weighted by Gasteiger charge is 2.41. The number of hydrogen-bond donors (Lipinski definition) is 4. The molecule has 1 saturated carbocycles. The summed E-state index contributed by atoms with van der Waals surface area (Å²) in [5, 5.41) is 8.70. The number of benzene rings is 1. The molecule has 0 unspecified atom stereocenters. The maximum Gasteiger partial charge on any atom is 0.328 e. The number of aromatic amines is 1. The van der Waals surface area contributed by atoms with Gasteiger partial charge in [0.05, 0.1) is 12.1 Å². The number of rotatable bonds is 9. The highest BCUT2D eigenvalue weighted by molar-refractivity contribution is 6.31. The maximum absolute atomic E-state index is 13.8. The average molecular weight is 521 g/mol. The van der Waals surface area contributed by atoms with Crippen molar-refractivity contribution in [1.82, 2.24) is 20.9 Å². The number of carbonyl (C=O) groups excluding carboxylic acids is 4. The second-order valence-electron chi connectivity index (χ2n) is 10.3. The van der Waals surface area contributed by atoms with Crippen molar-refractivity contribution in [3.05, 3.63) is 34.7 Å². The lowest BCUT2D eigenvalue weighted by atomic mass is 9.91. The van der Waals surface area contributed by atoms with Crippen molar-refractivity contribution in [3.8, 4) is 0 Å². The van der Waals surface area contributed by atoms with E-state index in [1.54, 1.807) is 0 Å². The molecule has 1 aliphatic carbocycles. The molecular formula is C25H30ClFN4O5. The van der Waals surface area contributed by atoms with Crippen LogP contribution in [0.4, 0.5) is 4.39 Å². The van der Waals surface area contributed by atoms with Gasteiger partial charge in [-0.3, -0.25) is 14.4 Å². The molecule has 3 atom stereocenters. The van der Waals surface area contributed by atoms with Crippen molar-refractivity contribution in [2.24, 2.45) is 11.8 Å². The minimum atomic E-state index is -1.04. The Labute approximate surface area is 212 Å². The predicted molar refractivity (Wildman–Crippen MR) is 131 cm³/mol. The zero-order valence-corrected chi connectivity index (χ0v) is 21.1. The summed E-state index contributed by atoms with van der Waals surface area (Å²) < 4.78 is 18.7. The molecule has 4 rings (SSSR count). The van der Waals surface area contributed by atoms with E-state index in [0.29, 0.717) is 23.7 Å². The van der Waals surface area contributed by atoms with Gasteiger partial charge in [-0.05, 0) is 57.2 Å². The third-order valence-electron chi connectivity index (χ3n) is 6.71. The van der Waals surface area contributed by atoms with Crippen molar-refractivity contribution in [2.75, 3.05) is 7.11 Å². The van der Waals surface area contributed by atoms with Gasteiger partial charge >= 0.3 is 5.97 Å². The fourth-order valence-electron chi connectivity index (χ4n) is 4.70. The first-order chi connectivity index (χ1) is 17.0. The number of ether oxygens (including phenoxy) is 1. The summed E-state index contributed by atoms with van der Waals surface area (Å²) in [6.45, 7) is 3.79. The number of hydrogen-bond acceptors (Lipinski definition) is 5. The van der Waals surface area contributed by atoms with Crippen LogP contribution in [0.1, 0.15) is 56.4 Å². The van der Waals surface area contributed by atoms with Crippen molar-refractivity contribution < 1.29 is 28.3 Å². The molecule has 36 heavy (non-hydrogen) atoms.